The van der Waals surface area contributed by atoms with E-state index >= 15 is 0 Å². The van der Waals surface area contributed by atoms with Crippen molar-refractivity contribution in [2.45, 2.75) is 13.0 Å². The molecule has 1 aromatic heterocycles. The number of hydrogen-bond donors (Lipinski definition) is 1. The van der Waals surface area contributed by atoms with Crippen LogP contribution >= 0.6 is 11.3 Å². The van der Waals surface area contributed by atoms with Crippen LogP contribution in [0.2, 0.25) is 0 Å². The first-order chi connectivity index (χ1) is 8.74. The van der Waals surface area contributed by atoms with Gasteiger partial charge in [0.05, 0.1) is 5.69 Å². The summed E-state index contributed by atoms with van der Waals surface area (Å²) in [5.74, 6) is 0. The Labute approximate surface area is 111 Å². The fourth-order valence-corrected chi connectivity index (χ4v) is 3.23. The Hall–Kier alpha value is -1.39. The molecule has 2 heterocycles. The first kappa shape index (κ1) is 11.7. The molecule has 1 N–H and O–H groups in total. The third-order valence-corrected chi connectivity index (χ3v) is 4.38. The van der Waals surface area contributed by atoms with E-state index in [0.717, 1.165) is 24.5 Å². The molecule has 0 bridgehead atoms. The number of thiazole rings is 1. The van der Waals surface area contributed by atoms with Crippen LogP contribution in [-0.2, 0) is 13.0 Å². The maximum Gasteiger partial charge on any atom is 0.123 e. The van der Waals surface area contributed by atoms with Gasteiger partial charge in [-0.15, -0.1) is 11.3 Å². The molecule has 0 saturated carbocycles. The number of benzene rings is 1. The van der Waals surface area contributed by atoms with Gasteiger partial charge in [0, 0.05) is 49.7 Å². The first-order valence-corrected chi connectivity index (χ1v) is 7.03. The lowest BCUT2D eigenvalue weighted by Crippen LogP contribution is -2.22. The maximum absolute atomic E-state index is 4.76. The van der Waals surface area contributed by atoms with Gasteiger partial charge in [0.15, 0.2) is 0 Å². The summed E-state index contributed by atoms with van der Waals surface area (Å²) in [6, 6.07) is 8.61. The third kappa shape index (κ3) is 2.13. The molecule has 18 heavy (non-hydrogen) atoms. The average molecular weight is 259 g/mol. The fourth-order valence-electron chi connectivity index (χ4n) is 2.15. The SMILES string of the molecule is CN(C)c1ccc(-c2nc3c(s2)CNCC3)cc1. The topological polar surface area (TPSA) is 28.2 Å². The summed E-state index contributed by atoms with van der Waals surface area (Å²) in [6.07, 6.45) is 1.06. The Morgan fingerprint density at radius 2 is 2.00 bits per heavy atom. The van der Waals surface area contributed by atoms with E-state index in [9.17, 15) is 0 Å². The molecule has 1 aliphatic rings. The van der Waals surface area contributed by atoms with E-state index in [2.05, 4.69) is 48.6 Å². The maximum atomic E-state index is 4.76. The molecule has 1 aliphatic heterocycles. The summed E-state index contributed by atoms with van der Waals surface area (Å²) >= 11 is 1.82. The van der Waals surface area contributed by atoms with Gasteiger partial charge in [-0.25, -0.2) is 4.98 Å². The van der Waals surface area contributed by atoms with Crippen LogP contribution in [0.25, 0.3) is 10.6 Å². The van der Waals surface area contributed by atoms with Crippen molar-refractivity contribution in [2.75, 3.05) is 25.5 Å². The summed E-state index contributed by atoms with van der Waals surface area (Å²) in [6.45, 7) is 2.03. The highest BCUT2D eigenvalue weighted by Gasteiger charge is 2.15. The van der Waals surface area contributed by atoms with E-state index in [1.165, 1.54) is 21.8 Å². The second-order valence-electron chi connectivity index (χ2n) is 4.76. The molecule has 2 aromatic rings. The number of anilines is 1. The number of fused-ring (bicyclic) bond motifs is 1. The normalized spacial score (nSPS) is 14.3. The Bertz CT molecular complexity index is 519. The molecule has 0 atom stereocenters. The zero-order chi connectivity index (χ0) is 12.5. The van der Waals surface area contributed by atoms with Crippen molar-refractivity contribution in [1.29, 1.82) is 0 Å². The molecule has 1 aromatic carbocycles. The molecule has 0 radical (unpaired) electrons. The lowest BCUT2D eigenvalue weighted by Gasteiger charge is -2.11. The van der Waals surface area contributed by atoms with Crippen molar-refractivity contribution in [1.82, 2.24) is 10.3 Å². The standard InChI is InChI=1S/C14H17N3S/c1-17(2)11-5-3-10(4-6-11)14-16-12-7-8-15-9-13(12)18-14/h3-6,15H,7-9H2,1-2H3. The number of rotatable bonds is 2. The van der Waals surface area contributed by atoms with Gasteiger partial charge in [-0.1, -0.05) is 0 Å². The zero-order valence-electron chi connectivity index (χ0n) is 10.7. The van der Waals surface area contributed by atoms with Crippen molar-refractivity contribution in [2.24, 2.45) is 0 Å². The van der Waals surface area contributed by atoms with Gasteiger partial charge in [-0.3, -0.25) is 0 Å². The Kier molecular flexibility index (Phi) is 3.06. The molecular weight excluding hydrogens is 242 g/mol. The number of nitrogens with zero attached hydrogens (tertiary/aromatic N) is 2. The van der Waals surface area contributed by atoms with Gasteiger partial charge < -0.3 is 10.2 Å². The molecule has 0 aliphatic carbocycles. The van der Waals surface area contributed by atoms with E-state index in [1.54, 1.807) is 0 Å². The quantitative estimate of drug-likeness (QED) is 0.898. The minimum absolute atomic E-state index is 0.975. The summed E-state index contributed by atoms with van der Waals surface area (Å²) in [5, 5.41) is 4.54. The summed E-state index contributed by atoms with van der Waals surface area (Å²) in [7, 11) is 4.12. The van der Waals surface area contributed by atoms with Crippen LogP contribution in [0.1, 0.15) is 10.6 Å². The summed E-state index contributed by atoms with van der Waals surface area (Å²) in [4.78, 5) is 8.27. The molecule has 0 spiro atoms. The van der Waals surface area contributed by atoms with E-state index in [0.29, 0.717) is 0 Å². The molecule has 3 nitrogen and oxygen atoms in total. The molecule has 0 amide bonds. The zero-order valence-corrected chi connectivity index (χ0v) is 11.5. The predicted molar refractivity (Wildman–Crippen MR) is 77.3 cm³/mol. The number of aromatic nitrogens is 1. The van der Waals surface area contributed by atoms with Crippen LogP contribution < -0.4 is 10.2 Å². The highest BCUT2D eigenvalue weighted by molar-refractivity contribution is 7.15. The van der Waals surface area contributed by atoms with Crippen LogP contribution in [0.4, 0.5) is 5.69 Å². The Balaban J connectivity index is 1.92. The average Bonchev–Trinajstić information content (AvgIpc) is 2.82. The second kappa shape index (κ2) is 4.71. The van der Waals surface area contributed by atoms with Crippen LogP contribution in [0, 0.1) is 0 Å². The molecule has 0 unspecified atom stereocenters. The second-order valence-corrected chi connectivity index (χ2v) is 5.84. The van der Waals surface area contributed by atoms with Crippen molar-refractivity contribution >= 4 is 17.0 Å². The van der Waals surface area contributed by atoms with Gasteiger partial charge in [0.2, 0.25) is 0 Å². The van der Waals surface area contributed by atoms with Gasteiger partial charge in [0.1, 0.15) is 5.01 Å². The largest absolute Gasteiger partial charge is 0.378 e. The summed E-state index contributed by atoms with van der Waals surface area (Å²) in [5.41, 5.74) is 3.73. The van der Waals surface area contributed by atoms with Gasteiger partial charge in [-0.2, -0.15) is 0 Å². The van der Waals surface area contributed by atoms with Crippen LogP contribution in [0.3, 0.4) is 0 Å². The predicted octanol–water partition coefficient (Wildman–Crippen LogP) is 2.52. The van der Waals surface area contributed by atoms with Gasteiger partial charge in [0.25, 0.3) is 0 Å². The van der Waals surface area contributed by atoms with Crippen molar-refractivity contribution in [3.8, 4) is 10.6 Å². The highest BCUT2D eigenvalue weighted by Crippen LogP contribution is 2.30. The third-order valence-electron chi connectivity index (χ3n) is 3.23. The lowest BCUT2D eigenvalue weighted by atomic mass is 10.2. The molecular formula is C14H17N3S. The van der Waals surface area contributed by atoms with Crippen LogP contribution in [0.5, 0.6) is 0 Å². The van der Waals surface area contributed by atoms with E-state index in [1.807, 2.05) is 11.3 Å². The fraction of sp³-hybridized carbons (Fsp3) is 0.357. The molecule has 94 valence electrons. The van der Waals surface area contributed by atoms with E-state index < -0.39 is 0 Å². The molecule has 0 saturated heterocycles. The molecule has 0 fully saturated rings. The van der Waals surface area contributed by atoms with Crippen molar-refractivity contribution < 1.29 is 0 Å². The van der Waals surface area contributed by atoms with Crippen molar-refractivity contribution in [3.05, 3.63) is 34.8 Å². The molecule has 3 rings (SSSR count). The number of hydrogen-bond acceptors (Lipinski definition) is 4. The lowest BCUT2D eigenvalue weighted by molar-refractivity contribution is 0.644. The Morgan fingerprint density at radius 1 is 1.22 bits per heavy atom. The van der Waals surface area contributed by atoms with E-state index in [-0.39, 0.29) is 0 Å². The van der Waals surface area contributed by atoms with Crippen molar-refractivity contribution in [3.63, 3.8) is 0 Å². The van der Waals surface area contributed by atoms with Crippen LogP contribution in [0.15, 0.2) is 24.3 Å². The van der Waals surface area contributed by atoms with Gasteiger partial charge >= 0.3 is 0 Å². The first-order valence-electron chi connectivity index (χ1n) is 6.21. The Morgan fingerprint density at radius 3 is 2.67 bits per heavy atom. The number of nitrogens with one attached hydrogen (secondary N) is 1. The minimum Gasteiger partial charge on any atom is -0.378 e. The summed E-state index contributed by atoms with van der Waals surface area (Å²) < 4.78 is 0. The monoisotopic (exact) mass is 259 g/mol. The smallest absolute Gasteiger partial charge is 0.123 e. The highest BCUT2D eigenvalue weighted by atomic mass is 32.1. The van der Waals surface area contributed by atoms with Gasteiger partial charge in [-0.05, 0) is 24.3 Å². The van der Waals surface area contributed by atoms with Crippen LogP contribution in [-0.4, -0.2) is 25.6 Å². The molecule has 4 heteroatoms. The minimum atomic E-state index is 0.975. The van der Waals surface area contributed by atoms with E-state index in [4.69, 9.17) is 4.98 Å².